The van der Waals surface area contributed by atoms with Crippen molar-refractivity contribution in [3.8, 4) is 0 Å². The standard InChI is InChI=1S/C16H18N4O/c1-12-7-18-14(8-17-12)10-20-11-16(21)19-9-15(20)13-5-3-2-4-6-13/h2-8,15H,9-11H2,1H3,(H,19,21). The van der Waals surface area contributed by atoms with Gasteiger partial charge in [0.2, 0.25) is 5.91 Å². The minimum Gasteiger partial charge on any atom is -0.353 e. The molecule has 1 aromatic heterocycles. The van der Waals surface area contributed by atoms with Crippen LogP contribution in [0.4, 0.5) is 0 Å². The lowest BCUT2D eigenvalue weighted by atomic mass is 10.0. The van der Waals surface area contributed by atoms with E-state index in [1.807, 2.05) is 25.1 Å². The molecule has 1 saturated heterocycles. The maximum absolute atomic E-state index is 11.7. The SMILES string of the molecule is Cc1cnc(CN2CC(=O)NCC2c2ccccc2)cn1. The minimum absolute atomic E-state index is 0.0576. The number of benzene rings is 1. The van der Waals surface area contributed by atoms with Gasteiger partial charge in [-0.3, -0.25) is 19.7 Å². The molecule has 2 heterocycles. The molecular weight excluding hydrogens is 264 g/mol. The van der Waals surface area contributed by atoms with Gasteiger partial charge in [0.05, 0.1) is 24.0 Å². The van der Waals surface area contributed by atoms with Crippen LogP contribution in [0, 0.1) is 6.92 Å². The molecule has 1 aliphatic rings. The highest BCUT2D eigenvalue weighted by molar-refractivity contribution is 5.79. The first kappa shape index (κ1) is 13.7. The predicted molar refractivity (Wildman–Crippen MR) is 79.4 cm³/mol. The van der Waals surface area contributed by atoms with Gasteiger partial charge >= 0.3 is 0 Å². The minimum atomic E-state index is 0.0576. The fraction of sp³-hybridized carbons (Fsp3) is 0.312. The Hall–Kier alpha value is -2.27. The third-order valence-corrected chi connectivity index (χ3v) is 3.66. The van der Waals surface area contributed by atoms with Crippen LogP contribution in [0.1, 0.15) is 23.0 Å². The molecule has 0 aliphatic carbocycles. The van der Waals surface area contributed by atoms with E-state index in [2.05, 4.69) is 32.3 Å². The monoisotopic (exact) mass is 282 g/mol. The molecule has 5 heteroatoms. The average Bonchev–Trinajstić information content (AvgIpc) is 2.51. The molecule has 1 amide bonds. The molecule has 0 bridgehead atoms. The first-order chi connectivity index (χ1) is 10.2. The van der Waals surface area contributed by atoms with E-state index in [4.69, 9.17) is 0 Å². The molecule has 108 valence electrons. The van der Waals surface area contributed by atoms with Crippen molar-refractivity contribution in [2.75, 3.05) is 13.1 Å². The molecule has 5 nitrogen and oxygen atoms in total. The summed E-state index contributed by atoms with van der Waals surface area (Å²) in [6, 6.07) is 10.4. The van der Waals surface area contributed by atoms with E-state index in [-0.39, 0.29) is 11.9 Å². The van der Waals surface area contributed by atoms with Gasteiger partial charge in [0.25, 0.3) is 0 Å². The molecule has 1 N–H and O–H groups in total. The predicted octanol–water partition coefficient (Wildman–Crippen LogP) is 1.46. The Kier molecular flexibility index (Phi) is 3.92. The van der Waals surface area contributed by atoms with Crippen molar-refractivity contribution in [1.29, 1.82) is 0 Å². The zero-order valence-corrected chi connectivity index (χ0v) is 12.0. The van der Waals surface area contributed by atoms with Crippen molar-refractivity contribution in [1.82, 2.24) is 20.2 Å². The smallest absolute Gasteiger partial charge is 0.234 e. The summed E-state index contributed by atoms with van der Waals surface area (Å²) in [4.78, 5) is 22.5. The van der Waals surface area contributed by atoms with E-state index in [0.717, 1.165) is 11.4 Å². The second-order valence-electron chi connectivity index (χ2n) is 5.28. The second-order valence-corrected chi connectivity index (χ2v) is 5.28. The third kappa shape index (κ3) is 3.25. The molecule has 21 heavy (non-hydrogen) atoms. The van der Waals surface area contributed by atoms with Crippen LogP contribution in [0.25, 0.3) is 0 Å². The molecule has 3 rings (SSSR count). The highest BCUT2D eigenvalue weighted by Crippen LogP contribution is 2.23. The van der Waals surface area contributed by atoms with Gasteiger partial charge in [-0.15, -0.1) is 0 Å². The largest absolute Gasteiger partial charge is 0.353 e. The maximum Gasteiger partial charge on any atom is 0.234 e. The fourth-order valence-corrected chi connectivity index (χ4v) is 2.57. The number of piperazine rings is 1. The van der Waals surface area contributed by atoms with E-state index in [0.29, 0.717) is 19.6 Å². The summed E-state index contributed by atoms with van der Waals surface area (Å²) in [6.07, 6.45) is 3.54. The van der Waals surface area contributed by atoms with Gasteiger partial charge < -0.3 is 5.32 Å². The number of hydrogen-bond donors (Lipinski definition) is 1. The summed E-state index contributed by atoms with van der Waals surface area (Å²) in [5.74, 6) is 0.0576. The van der Waals surface area contributed by atoms with Crippen LogP contribution >= 0.6 is 0 Å². The highest BCUT2D eigenvalue weighted by Gasteiger charge is 2.27. The Morgan fingerprint density at radius 1 is 1.24 bits per heavy atom. The number of aromatic nitrogens is 2. The van der Waals surface area contributed by atoms with E-state index in [9.17, 15) is 4.79 Å². The molecule has 1 aliphatic heterocycles. The van der Waals surface area contributed by atoms with Crippen molar-refractivity contribution in [3.63, 3.8) is 0 Å². The summed E-state index contributed by atoms with van der Waals surface area (Å²) >= 11 is 0. The summed E-state index contributed by atoms with van der Waals surface area (Å²) in [7, 11) is 0. The normalized spacial score (nSPS) is 19.3. The Bertz CT molecular complexity index is 612. The van der Waals surface area contributed by atoms with E-state index in [1.165, 1.54) is 5.56 Å². The molecule has 0 radical (unpaired) electrons. The lowest BCUT2D eigenvalue weighted by Crippen LogP contribution is -2.49. The number of carbonyl (C=O) groups excluding carboxylic acids is 1. The van der Waals surface area contributed by atoms with Gasteiger partial charge in [-0.05, 0) is 12.5 Å². The third-order valence-electron chi connectivity index (χ3n) is 3.66. The quantitative estimate of drug-likeness (QED) is 0.926. The molecule has 2 aromatic rings. The van der Waals surface area contributed by atoms with Crippen molar-refractivity contribution in [3.05, 3.63) is 59.7 Å². The van der Waals surface area contributed by atoms with Crippen molar-refractivity contribution in [2.24, 2.45) is 0 Å². The molecule has 1 fully saturated rings. The molecule has 0 saturated carbocycles. The Labute approximate surface area is 124 Å². The summed E-state index contributed by atoms with van der Waals surface area (Å²) < 4.78 is 0. The Morgan fingerprint density at radius 2 is 2.05 bits per heavy atom. The van der Waals surface area contributed by atoms with Crippen molar-refractivity contribution < 1.29 is 4.79 Å². The number of nitrogens with one attached hydrogen (secondary N) is 1. The molecule has 1 aromatic carbocycles. The van der Waals surface area contributed by atoms with Gasteiger partial charge in [0, 0.05) is 25.5 Å². The zero-order valence-electron chi connectivity index (χ0n) is 12.0. The molecule has 1 atom stereocenters. The number of aryl methyl sites for hydroxylation is 1. The topological polar surface area (TPSA) is 58.1 Å². The first-order valence-electron chi connectivity index (χ1n) is 7.05. The van der Waals surface area contributed by atoms with Gasteiger partial charge in [-0.1, -0.05) is 30.3 Å². The van der Waals surface area contributed by atoms with Gasteiger partial charge in [-0.2, -0.15) is 0 Å². The van der Waals surface area contributed by atoms with Gasteiger partial charge in [0.1, 0.15) is 0 Å². The number of nitrogens with zero attached hydrogens (tertiary/aromatic N) is 3. The van der Waals surface area contributed by atoms with Crippen molar-refractivity contribution >= 4 is 5.91 Å². The summed E-state index contributed by atoms with van der Waals surface area (Å²) in [5, 5.41) is 2.94. The average molecular weight is 282 g/mol. The maximum atomic E-state index is 11.7. The van der Waals surface area contributed by atoms with Crippen LogP contribution < -0.4 is 5.32 Å². The summed E-state index contributed by atoms with van der Waals surface area (Å²) in [6.45, 7) is 3.55. The van der Waals surface area contributed by atoms with Crippen LogP contribution in [-0.4, -0.2) is 33.9 Å². The zero-order chi connectivity index (χ0) is 14.7. The van der Waals surface area contributed by atoms with Crippen LogP contribution in [0.3, 0.4) is 0 Å². The van der Waals surface area contributed by atoms with Crippen LogP contribution in [0.2, 0.25) is 0 Å². The van der Waals surface area contributed by atoms with Gasteiger partial charge in [-0.25, -0.2) is 0 Å². The van der Waals surface area contributed by atoms with Crippen LogP contribution in [0.15, 0.2) is 42.7 Å². The number of rotatable bonds is 3. The number of amides is 1. The highest BCUT2D eigenvalue weighted by atomic mass is 16.2. The Balaban J connectivity index is 1.81. The van der Waals surface area contributed by atoms with Gasteiger partial charge in [0.15, 0.2) is 0 Å². The second kappa shape index (κ2) is 6.01. The lowest BCUT2D eigenvalue weighted by Gasteiger charge is -2.35. The van der Waals surface area contributed by atoms with E-state index >= 15 is 0 Å². The number of hydrogen-bond acceptors (Lipinski definition) is 4. The Morgan fingerprint density at radius 3 is 2.76 bits per heavy atom. The lowest BCUT2D eigenvalue weighted by molar-refractivity contribution is -0.125. The molecule has 1 unspecified atom stereocenters. The van der Waals surface area contributed by atoms with Crippen molar-refractivity contribution in [2.45, 2.75) is 19.5 Å². The molecular formula is C16H18N4O. The van der Waals surface area contributed by atoms with E-state index in [1.54, 1.807) is 12.4 Å². The fourth-order valence-electron chi connectivity index (χ4n) is 2.57. The molecule has 0 spiro atoms. The van der Waals surface area contributed by atoms with Crippen LogP contribution in [0.5, 0.6) is 0 Å². The van der Waals surface area contributed by atoms with E-state index < -0.39 is 0 Å². The van der Waals surface area contributed by atoms with Crippen LogP contribution in [-0.2, 0) is 11.3 Å². The first-order valence-corrected chi connectivity index (χ1v) is 7.05. The summed E-state index contributed by atoms with van der Waals surface area (Å²) in [5.41, 5.74) is 2.99. The number of carbonyl (C=O) groups is 1.